The van der Waals surface area contributed by atoms with E-state index < -0.39 is 10.8 Å². The molecule has 0 aliphatic rings. The standard InChI is InChI=1S/C21H16N4O4/c26-20(17-7-2-1-3-8-17)15-24-11-5-9-18(14-24)21(27)23-22-13-16-6-4-10-19(12-16)25(28)29/h1-14H,15H2/b22-13+. The molecule has 0 aliphatic heterocycles. The third-order valence-corrected chi connectivity index (χ3v) is 3.96. The molecule has 3 aromatic rings. The molecule has 0 spiro atoms. The number of carbonyl (C=O) groups is 1. The highest BCUT2D eigenvalue weighted by Gasteiger charge is 2.12. The molecule has 8 heteroatoms. The summed E-state index contributed by atoms with van der Waals surface area (Å²) in [5, 5.41) is 30.3. The summed E-state index contributed by atoms with van der Waals surface area (Å²) in [6.45, 7) is 0.0854. The minimum Gasteiger partial charge on any atom is -0.857 e. The average molecular weight is 388 g/mol. The van der Waals surface area contributed by atoms with Crippen LogP contribution in [0.25, 0.3) is 0 Å². The lowest BCUT2D eigenvalue weighted by Gasteiger charge is -2.07. The van der Waals surface area contributed by atoms with E-state index in [-0.39, 0.29) is 23.6 Å². The summed E-state index contributed by atoms with van der Waals surface area (Å²) in [6, 6.07) is 17.9. The lowest BCUT2D eigenvalue weighted by molar-refractivity contribution is -0.683. The highest BCUT2D eigenvalue weighted by molar-refractivity contribution is 5.95. The average Bonchev–Trinajstić information content (AvgIpc) is 2.74. The lowest BCUT2D eigenvalue weighted by Crippen LogP contribution is -2.38. The number of ketones is 1. The van der Waals surface area contributed by atoms with E-state index in [1.807, 2.05) is 6.07 Å². The molecule has 0 saturated carbocycles. The predicted molar refractivity (Wildman–Crippen MR) is 105 cm³/mol. The molecule has 1 aromatic heterocycles. The number of rotatable bonds is 7. The Labute approximate surface area is 166 Å². The van der Waals surface area contributed by atoms with Crippen LogP contribution in [0.3, 0.4) is 0 Å². The van der Waals surface area contributed by atoms with Crippen LogP contribution in [0.2, 0.25) is 0 Å². The van der Waals surface area contributed by atoms with E-state index in [9.17, 15) is 20.0 Å². The molecule has 0 fully saturated rings. The van der Waals surface area contributed by atoms with Crippen molar-refractivity contribution in [2.45, 2.75) is 6.54 Å². The van der Waals surface area contributed by atoms with Crippen LogP contribution in [0.5, 0.6) is 0 Å². The fourth-order valence-electron chi connectivity index (χ4n) is 2.55. The van der Waals surface area contributed by atoms with E-state index in [0.29, 0.717) is 11.1 Å². The Kier molecular flexibility index (Phi) is 6.16. The number of nitro benzene ring substituents is 1. The Hall–Kier alpha value is -4.20. The number of nitrogens with zero attached hydrogens (tertiary/aromatic N) is 4. The van der Waals surface area contributed by atoms with Crippen molar-refractivity contribution in [3.8, 4) is 0 Å². The van der Waals surface area contributed by atoms with Gasteiger partial charge in [0.25, 0.3) is 5.69 Å². The van der Waals surface area contributed by atoms with Gasteiger partial charge in [-0.05, 0) is 6.07 Å². The number of nitro groups is 1. The number of hydrogen-bond donors (Lipinski definition) is 0. The smallest absolute Gasteiger partial charge is 0.270 e. The molecule has 0 saturated heterocycles. The van der Waals surface area contributed by atoms with Crippen LogP contribution in [-0.4, -0.2) is 22.8 Å². The van der Waals surface area contributed by atoms with Gasteiger partial charge < -0.3 is 5.11 Å². The van der Waals surface area contributed by atoms with Crippen molar-refractivity contribution in [2.24, 2.45) is 10.2 Å². The molecular weight excluding hydrogens is 372 g/mol. The van der Waals surface area contributed by atoms with Crippen molar-refractivity contribution >= 4 is 23.6 Å². The first-order chi connectivity index (χ1) is 14.0. The molecule has 0 amide bonds. The zero-order valence-electron chi connectivity index (χ0n) is 15.2. The van der Waals surface area contributed by atoms with E-state index >= 15 is 0 Å². The van der Waals surface area contributed by atoms with Crippen molar-refractivity contribution in [1.29, 1.82) is 0 Å². The molecule has 2 aromatic carbocycles. The van der Waals surface area contributed by atoms with E-state index in [1.54, 1.807) is 53.2 Å². The summed E-state index contributed by atoms with van der Waals surface area (Å²) in [6.07, 6.45) is 4.47. The molecule has 0 unspecified atom stereocenters. The summed E-state index contributed by atoms with van der Waals surface area (Å²) in [5.41, 5.74) is 1.23. The van der Waals surface area contributed by atoms with Gasteiger partial charge in [-0.3, -0.25) is 14.9 Å². The quantitative estimate of drug-likeness (QED) is 0.154. The van der Waals surface area contributed by atoms with E-state index in [1.165, 1.54) is 30.6 Å². The largest absolute Gasteiger partial charge is 0.857 e. The van der Waals surface area contributed by atoms with Gasteiger partial charge in [0.1, 0.15) is 0 Å². The van der Waals surface area contributed by atoms with Crippen molar-refractivity contribution in [3.05, 3.63) is 106 Å². The number of Topliss-reactive ketones (excluding diaryl/α,β-unsaturated/α-hetero) is 1. The molecule has 0 aliphatic carbocycles. The van der Waals surface area contributed by atoms with Gasteiger partial charge in [-0.1, -0.05) is 42.5 Å². The monoisotopic (exact) mass is 388 g/mol. The second kappa shape index (κ2) is 9.14. The fourth-order valence-corrected chi connectivity index (χ4v) is 2.55. The minimum absolute atomic E-state index is 0.0764. The van der Waals surface area contributed by atoms with E-state index in [2.05, 4.69) is 10.2 Å². The molecule has 0 atom stereocenters. The summed E-state index contributed by atoms with van der Waals surface area (Å²) in [7, 11) is 0. The first-order valence-electron chi connectivity index (χ1n) is 8.63. The number of non-ortho nitro benzene ring substituents is 1. The fraction of sp³-hybridized carbons (Fsp3) is 0.0476. The van der Waals surface area contributed by atoms with Gasteiger partial charge >= 0.3 is 0 Å². The van der Waals surface area contributed by atoms with Gasteiger partial charge in [0.05, 0.1) is 16.7 Å². The Morgan fingerprint density at radius 3 is 2.55 bits per heavy atom. The van der Waals surface area contributed by atoms with Crippen LogP contribution in [0, 0.1) is 10.1 Å². The van der Waals surface area contributed by atoms with E-state index in [0.717, 1.165) is 0 Å². The van der Waals surface area contributed by atoms with Crippen LogP contribution in [0.1, 0.15) is 21.5 Å². The maximum Gasteiger partial charge on any atom is 0.270 e. The summed E-state index contributed by atoms with van der Waals surface area (Å²) in [5.74, 6) is -0.672. The maximum absolute atomic E-state index is 12.3. The molecule has 8 nitrogen and oxygen atoms in total. The Bertz CT molecular complexity index is 1090. The van der Waals surface area contributed by atoms with Crippen LogP contribution in [0.15, 0.2) is 89.3 Å². The predicted octanol–water partition coefficient (Wildman–Crippen LogP) is 1.91. The first kappa shape index (κ1) is 19.6. The van der Waals surface area contributed by atoms with E-state index in [4.69, 9.17) is 0 Å². The maximum atomic E-state index is 12.3. The van der Waals surface area contributed by atoms with Gasteiger partial charge in [0, 0.05) is 35.2 Å². The van der Waals surface area contributed by atoms with Gasteiger partial charge in [0.15, 0.2) is 12.4 Å². The van der Waals surface area contributed by atoms with Crippen LogP contribution < -0.4 is 9.67 Å². The summed E-state index contributed by atoms with van der Waals surface area (Å²) >= 11 is 0. The molecule has 0 N–H and O–H groups in total. The molecule has 144 valence electrons. The van der Waals surface area contributed by atoms with Crippen LogP contribution in [-0.2, 0) is 6.54 Å². The lowest BCUT2D eigenvalue weighted by atomic mass is 10.1. The number of pyridine rings is 1. The second-order valence-electron chi connectivity index (χ2n) is 6.06. The van der Waals surface area contributed by atoms with Crippen molar-refractivity contribution in [1.82, 2.24) is 0 Å². The second-order valence-corrected chi connectivity index (χ2v) is 6.06. The van der Waals surface area contributed by atoms with Gasteiger partial charge in [-0.25, -0.2) is 0 Å². The van der Waals surface area contributed by atoms with Crippen LogP contribution >= 0.6 is 0 Å². The summed E-state index contributed by atoms with van der Waals surface area (Å²) in [4.78, 5) is 22.6. The van der Waals surface area contributed by atoms with Crippen molar-refractivity contribution in [2.75, 3.05) is 0 Å². The Morgan fingerprint density at radius 1 is 1.03 bits per heavy atom. The number of aromatic nitrogens is 1. The van der Waals surface area contributed by atoms with Crippen molar-refractivity contribution in [3.63, 3.8) is 0 Å². The van der Waals surface area contributed by atoms with Crippen molar-refractivity contribution < 1.29 is 19.4 Å². The SMILES string of the molecule is O=C(C[n+]1cccc(/C([O-])=N/N=C/c2cccc([N+](=O)[O-])c2)c1)c1ccccc1. The molecular formula is C21H16N4O4. The molecule has 3 rings (SSSR count). The number of hydrogen-bond acceptors (Lipinski definition) is 6. The van der Waals surface area contributed by atoms with Gasteiger partial charge in [-0.15, -0.1) is 0 Å². The topological polar surface area (TPSA) is 112 Å². The third-order valence-electron chi connectivity index (χ3n) is 3.96. The van der Waals surface area contributed by atoms with Crippen LogP contribution in [0.4, 0.5) is 5.69 Å². The molecule has 0 radical (unpaired) electrons. The Balaban J connectivity index is 1.71. The highest BCUT2D eigenvalue weighted by Crippen LogP contribution is 2.11. The first-order valence-corrected chi connectivity index (χ1v) is 8.63. The molecule has 0 bridgehead atoms. The zero-order valence-corrected chi connectivity index (χ0v) is 15.2. The molecule has 29 heavy (non-hydrogen) atoms. The Morgan fingerprint density at radius 2 is 1.79 bits per heavy atom. The van der Waals surface area contributed by atoms with Gasteiger partial charge in [-0.2, -0.15) is 14.8 Å². The third kappa shape index (κ3) is 5.39. The number of carbonyl (C=O) groups excluding carboxylic acids is 1. The molecule has 1 heterocycles. The normalized spacial score (nSPS) is 11.5. The minimum atomic E-state index is -0.590. The number of benzene rings is 2. The highest BCUT2D eigenvalue weighted by atomic mass is 16.6. The zero-order chi connectivity index (χ0) is 20.6. The summed E-state index contributed by atoms with van der Waals surface area (Å²) < 4.78 is 1.60. The van der Waals surface area contributed by atoms with Gasteiger partial charge in [0.2, 0.25) is 12.3 Å².